The summed E-state index contributed by atoms with van der Waals surface area (Å²) < 4.78 is 9.79. The number of benzene rings is 1. The van der Waals surface area contributed by atoms with Crippen LogP contribution in [0, 0.1) is 12.0 Å². The zero-order valence-electron chi connectivity index (χ0n) is 18.5. The van der Waals surface area contributed by atoms with Crippen LogP contribution in [0.2, 0.25) is 0 Å². The van der Waals surface area contributed by atoms with E-state index in [2.05, 4.69) is 57.7 Å². The Hall–Kier alpha value is -0.0336. The molecule has 2 nitrogen and oxygen atoms in total. The average molecular weight is 387 g/mol. The average Bonchev–Trinajstić information content (AvgIpc) is 3.40. The number of methoxy groups -OCH3 is 1. The monoisotopic (exact) mass is 386 g/mol. The molecule has 1 aliphatic carbocycles. The van der Waals surface area contributed by atoms with Gasteiger partial charge in [-0.05, 0) is 18.1 Å². The van der Waals surface area contributed by atoms with Gasteiger partial charge in [-0.15, -0.1) is 20.1 Å². The van der Waals surface area contributed by atoms with Crippen LogP contribution in [-0.4, -0.2) is 14.2 Å². The molecule has 0 amide bonds. The summed E-state index contributed by atoms with van der Waals surface area (Å²) in [6, 6.07) is 8.09. The second kappa shape index (κ2) is 21.3. The van der Waals surface area contributed by atoms with Crippen LogP contribution in [0.1, 0.15) is 65.9 Å². The van der Waals surface area contributed by atoms with Gasteiger partial charge >= 0.3 is 51.4 Å². The Labute approximate surface area is 205 Å². The minimum absolute atomic E-state index is 0. The molecule has 0 atom stereocenters. The molecule has 1 fully saturated rings. The maximum atomic E-state index is 5.54. The van der Waals surface area contributed by atoms with Crippen LogP contribution in [0.25, 0.3) is 5.57 Å². The first-order valence-electron chi connectivity index (χ1n) is 9.19. The smallest absolute Gasteiger partial charge is 0.551 e. The minimum atomic E-state index is 0. The number of unbranched alkanes of at least 4 members (excludes halogenated alkanes) is 1. The zero-order valence-corrected chi connectivity index (χ0v) is 21.6. The van der Waals surface area contributed by atoms with E-state index < -0.39 is 0 Å². The summed E-state index contributed by atoms with van der Waals surface area (Å²) in [5, 5.41) is 0. The van der Waals surface area contributed by atoms with Gasteiger partial charge in [-0.2, -0.15) is 11.6 Å². The molecule has 0 N–H and O–H groups in total. The van der Waals surface area contributed by atoms with Gasteiger partial charge in [-0.1, -0.05) is 77.1 Å². The van der Waals surface area contributed by atoms with Crippen molar-refractivity contribution in [3.05, 3.63) is 55.2 Å². The van der Waals surface area contributed by atoms with Gasteiger partial charge in [0.2, 0.25) is 0 Å². The topological polar surface area (TPSA) is 18.5 Å². The molecule has 1 aromatic rings. The van der Waals surface area contributed by atoms with E-state index in [4.69, 9.17) is 4.74 Å². The first-order chi connectivity index (χ1) is 12.0. The van der Waals surface area contributed by atoms with E-state index in [0.717, 1.165) is 17.8 Å². The van der Waals surface area contributed by atoms with Gasteiger partial charge in [0, 0.05) is 14.2 Å². The number of hydrogen-bond donors (Lipinski definition) is 0. The number of ether oxygens (including phenoxy) is 2. The Balaban J connectivity index is -0.000000316. The van der Waals surface area contributed by atoms with Crippen LogP contribution in [-0.2, 0) is 4.74 Å². The van der Waals surface area contributed by atoms with E-state index in [0.29, 0.717) is 0 Å². The van der Waals surface area contributed by atoms with Gasteiger partial charge in [0.15, 0.2) is 0 Å². The fourth-order valence-electron chi connectivity index (χ4n) is 1.63. The SMILES string of the molecule is C=C.CC1=C[C-](C)Oc2ccccc21.CC1CC1.CCCC.COC.[K+]. The van der Waals surface area contributed by atoms with Gasteiger partial charge in [-0.25, -0.2) is 0 Å². The molecule has 0 radical (unpaired) electrons. The summed E-state index contributed by atoms with van der Waals surface area (Å²) in [5.74, 6) is 2.05. The molecular weight excluding hydrogens is 347 g/mol. The van der Waals surface area contributed by atoms with Crippen molar-refractivity contribution in [2.45, 2.75) is 60.3 Å². The van der Waals surface area contributed by atoms with Crippen molar-refractivity contribution in [2.75, 3.05) is 14.2 Å². The Morgan fingerprint density at radius 2 is 1.54 bits per heavy atom. The fraction of sp³-hybridized carbons (Fsp3) is 0.522. The molecule has 1 saturated carbocycles. The van der Waals surface area contributed by atoms with E-state index in [1.807, 2.05) is 25.1 Å². The Bertz CT molecular complexity index is 451. The van der Waals surface area contributed by atoms with Crippen LogP contribution in [0.3, 0.4) is 0 Å². The Morgan fingerprint density at radius 1 is 1.12 bits per heavy atom. The summed E-state index contributed by atoms with van der Waals surface area (Å²) in [7, 11) is 3.25. The summed E-state index contributed by atoms with van der Waals surface area (Å²) in [6.45, 7) is 16.7. The molecule has 1 aliphatic heterocycles. The summed E-state index contributed by atoms with van der Waals surface area (Å²) >= 11 is 0. The van der Waals surface area contributed by atoms with Crippen molar-refractivity contribution in [1.29, 1.82) is 0 Å². The third kappa shape index (κ3) is 17.4. The third-order valence-corrected chi connectivity index (χ3v) is 3.37. The van der Waals surface area contributed by atoms with E-state index in [-0.39, 0.29) is 51.4 Å². The number of para-hydroxylation sites is 1. The zero-order chi connectivity index (χ0) is 19.7. The maximum absolute atomic E-state index is 5.54. The predicted molar refractivity (Wildman–Crippen MR) is 113 cm³/mol. The molecule has 26 heavy (non-hydrogen) atoms. The molecule has 3 rings (SSSR count). The van der Waals surface area contributed by atoms with Crippen LogP contribution in [0.5, 0.6) is 5.75 Å². The Kier molecular flexibility index (Phi) is 25.1. The molecule has 0 saturated heterocycles. The largest absolute Gasteiger partial charge is 1.00 e. The van der Waals surface area contributed by atoms with Gasteiger partial charge in [0.25, 0.3) is 0 Å². The molecule has 2 aliphatic rings. The standard InChI is InChI=1S/C11H11O.C4H8.C4H10.C2H6O.C2H4.K/c1-8-7-9(2)12-11-6-4-3-5-10(8)11;1-4-2-3-4;1-3-4-2;1-3-2;1-2;/h3-7H,1-2H3;4H,2-3H2,1H3;3-4H2,1-2H3;1-2H3;1-2H2;/q-1;;;;;+1. The van der Waals surface area contributed by atoms with E-state index in [1.54, 1.807) is 14.2 Å². The molecule has 144 valence electrons. The summed E-state index contributed by atoms with van der Waals surface area (Å²) in [6.07, 6.45) is 8.63. The van der Waals surface area contributed by atoms with Crippen LogP contribution in [0.15, 0.2) is 43.5 Å². The van der Waals surface area contributed by atoms with Gasteiger partial charge in [0.05, 0.1) is 5.75 Å². The van der Waals surface area contributed by atoms with Crippen molar-refractivity contribution in [3.63, 3.8) is 0 Å². The molecule has 0 bridgehead atoms. The molecule has 0 aromatic heterocycles. The molecule has 1 aromatic carbocycles. The maximum Gasteiger partial charge on any atom is 1.00 e. The van der Waals surface area contributed by atoms with Crippen molar-refractivity contribution >= 4 is 5.57 Å². The fourth-order valence-corrected chi connectivity index (χ4v) is 1.63. The molecule has 0 spiro atoms. The number of hydrogen-bond acceptors (Lipinski definition) is 2. The quantitative estimate of drug-likeness (QED) is 0.406. The number of rotatable bonds is 1. The first-order valence-corrected chi connectivity index (χ1v) is 9.19. The third-order valence-electron chi connectivity index (χ3n) is 3.37. The van der Waals surface area contributed by atoms with E-state index in [1.165, 1.54) is 36.8 Å². The van der Waals surface area contributed by atoms with Gasteiger partial charge < -0.3 is 9.47 Å². The van der Waals surface area contributed by atoms with Crippen molar-refractivity contribution in [1.82, 2.24) is 0 Å². The Morgan fingerprint density at radius 3 is 1.92 bits per heavy atom. The summed E-state index contributed by atoms with van der Waals surface area (Å²) in [5.41, 5.74) is 2.47. The summed E-state index contributed by atoms with van der Waals surface area (Å²) in [4.78, 5) is 0. The number of allylic oxidation sites excluding steroid dienone is 1. The minimum Gasteiger partial charge on any atom is -0.551 e. The van der Waals surface area contributed by atoms with Gasteiger partial charge in [0.1, 0.15) is 0 Å². The van der Waals surface area contributed by atoms with Crippen molar-refractivity contribution in [3.8, 4) is 5.75 Å². The second-order valence-corrected chi connectivity index (χ2v) is 6.13. The van der Waals surface area contributed by atoms with Crippen LogP contribution >= 0.6 is 0 Å². The second-order valence-electron chi connectivity index (χ2n) is 6.13. The normalized spacial score (nSPS) is 12.9. The van der Waals surface area contributed by atoms with Crippen LogP contribution < -0.4 is 56.1 Å². The van der Waals surface area contributed by atoms with Crippen molar-refractivity contribution < 1.29 is 60.9 Å². The molecule has 3 heteroatoms. The molecule has 0 unspecified atom stereocenters. The first kappa shape index (κ1) is 30.7. The van der Waals surface area contributed by atoms with Crippen LogP contribution in [0.4, 0.5) is 0 Å². The molecule has 1 heterocycles. The van der Waals surface area contributed by atoms with Crippen molar-refractivity contribution in [2.24, 2.45) is 5.92 Å². The van der Waals surface area contributed by atoms with Gasteiger partial charge in [-0.3, -0.25) is 0 Å². The number of fused-ring (bicyclic) bond motifs is 1. The van der Waals surface area contributed by atoms with E-state index >= 15 is 0 Å². The van der Waals surface area contributed by atoms with E-state index in [9.17, 15) is 0 Å². The predicted octanol–water partition coefficient (Wildman–Crippen LogP) is 4.33. The molecular formula is C23H39KO2.